The van der Waals surface area contributed by atoms with Crippen LogP contribution in [-0.2, 0) is 19.7 Å². The number of hydrogen-bond acceptors (Lipinski definition) is 3. The van der Waals surface area contributed by atoms with Gasteiger partial charge in [0.25, 0.3) is 0 Å². The summed E-state index contributed by atoms with van der Waals surface area (Å²) in [5, 5.41) is 3.07. The second-order valence-electron chi connectivity index (χ2n) is 7.87. The topological polar surface area (TPSA) is 58.6 Å². The molecule has 3 aliphatic heterocycles. The van der Waals surface area contributed by atoms with E-state index in [1.165, 1.54) is 0 Å². The number of amides is 2. The Balaban J connectivity index is 1.60. The summed E-state index contributed by atoms with van der Waals surface area (Å²) in [7, 11) is 0. The third-order valence-electron chi connectivity index (χ3n) is 6.44. The smallest absolute Gasteiger partial charge is 0.237 e. The van der Waals surface area contributed by atoms with E-state index in [0.717, 1.165) is 56.6 Å². The van der Waals surface area contributed by atoms with Gasteiger partial charge in [-0.05, 0) is 43.2 Å². The first-order valence-electron chi connectivity index (χ1n) is 9.95. The molecule has 2 atom stereocenters. The van der Waals surface area contributed by atoms with E-state index in [0.29, 0.717) is 18.9 Å². The van der Waals surface area contributed by atoms with Gasteiger partial charge in [0.1, 0.15) is 0 Å². The molecule has 3 aliphatic rings. The van der Waals surface area contributed by atoms with Crippen molar-refractivity contribution in [2.75, 3.05) is 25.1 Å². The van der Waals surface area contributed by atoms with E-state index in [2.05, 4.69) is 18.3 Å². The van der Waals surface area contributed by atoms with Gasteiger partial charge in [0.05, 0.1) is 11.5 Å². The van der Waals surface area contributed by atoms with E-state index < -0.39 is 5.41 Å². The number of carbonyl (C=O) groups excluding carboxylic acids is 2. The van der Waals surface area contributed by atoms with Crippen LogP contribution in [0.5, 0.6) is 0 Å². The lowest BCUT2D eigenvalue weighted by Crippen LogP contribution is -2.49. The average molecular weight is 356 g/mol. The second-order valence-corrected chi connectivity index (χ2v) is 7.87. The van der Waals surface area contributed by atoms with Gasteiger partial charge in [-0.2, -0.15) is 0 Å². The summed E-state index contributed by atoms with van der Waals surface area (Å²) in [6.45, 7) is 4.33. The molecule has 1 aromatic rings. The highest BCUT2D eigenvalue weighted by Crippen LogP contribution is 2.49. The van der Waals surface area contributed by atoms with E-state index >= 15 is 0 Å². The summed E-state index contributed by atoms with van der Waals surface area (Å²) >= 11 is 0. The molecule has 0 unspecified atom stereocenters. The monoisotopic (exact) mass is 356 g/mol. The minimum Gasteiger partial charge on any atom is -0.381 e. The van der Waals surface area contributed by atoms with Gasteiger partial charge in [0.15, 0.2) is 0 Å². The van der Waals surface area contributed by atoms with Crippen molar-refractivity contribution in [1.82, 2.24) is 4.90 Å². The van der Waals surface area contributed by atoms with Crippen LogP contribution in [0.2, 0.25) is 0 Å². The Labute approximate surface area is 155 Å². The summed E-state index contributed by atoms with van der Waals surface area (Å²) in [6, 6.07) is 7.94. The number of para-hydroxylation sites is 1. The van der Waals surface area contributed by atoms with Gasteiger partial charge >= 0.3 is 0 Å². The molecule has 5 heteroatoms. The van der Waals surface area contributed by atoms with E-state index in [1.54, 1.807) is 0 Å². The summed E-state index contributed by atoms with van der Waals surface area (Å²) in [5.74, 6) is 0.697. The molecule has 0 aromatic heterocycles. The van der Waals surface area contributed by atoms with Crippen LogP contribution < -0.4 is 5.32 Å². The molecule has 2 fully saturated rings. The van der Waals surface area contributed by atoms with Crippen molar-refractivity contribution in [2.45, 2.75) is 56.9 Å². The molecule has 5 nitrogen and oxygen atoms in total. The second kappa shape index (κ2) is 7.03. The summed E-state index contributed by atoms with van der Waals surface area (Å²) in [5.41, 5.74) is 1.42. The van der Waals surface area contributed by atoms with Gasteiger partial charge in [0, 0.05) is 31.9 Å². The Morgan fingerprint density at radius 1 is 1.31 bits per heavy atom. The fourth-order valence-electron chi connectivity index (χ4n) is 5.09. The SMILES string of the molecule is CCC[C@@H]1N(C(=O)CC2CCOCC2)CC[C@]12C(=O)Nc1ccccc12. The zero-order valence-electron chi connectivity index (χ0n) is 15.5. The Kier molecular flexibility index (Phi) is 4.74. The van der Waals surface area contributed by atoms with E-state index in [-0.39, 0.29) is 17.9 Å². The predicted octanol–water partition coefficient (Wildman–Crippen LogP) is 3.09. The first-order chi connectivity index (χ1) is 12.7. The first kappa shape index (κ1) is 17.5. The number of rotatable bonds is 4. The molecule has 0 saturated carbocycles. The van der Waals surface area contributed by atoms with E-state index in [4.69, 9.17) is 4.74 Å². The van der Waals surface area contributed by atoms with Gasteiger partial charge in [0.2, 0.25) is 11.8 Å². The number of hydrogen-bond donors (Lipinski definition) is 1. The van der Waals surface area contributed by atoms with Gasteiger partial charge in [-0.1, -0.05) is 31.5 Å². The fourth-order valence-corrected chi connectivity index (χ4v) is 5.09. The molecule has 1 N–H and O–H groups in total. The lowest BCUT2D eigenvalue weighted by atomic mass is 9.73. The minimum atomic E-state index is -0.571. The molecule has 0 bridgehead atoms. The van der Waals surface area contributed by atoms with Crippen molar-refractivity contribution < 1.29 is 14.3 Å². The van der Waals surface area contributed by atoms with Crippen molar-refractivity contribution in [3.05, 3.63) is 29.8 Å². The highest BCUT2D eigenvalue weighted by atomic mass is 16.5. The van der Waals surface area contributed by atoms with Crippen LogP contribution in [0.15, 0.2) is 24.3 Å². The molecule has 0 aliphatic carbocycles. The van der Waals surface area contributed by atoms with Crippen molar-refractivity contribution >= 4 is 17.5 Å². The molecule has 2 amide bonds. The van der Waals surface area contributed by atoms with Crippen LogP contribution in [0.3, 0.4) is 0 Å². The normalized spacial score (nSPS) is 28.4. The van der Waals surface area contributed by atoms with Gasteiger partial charge in [-0.15, -0.1) is 0 Å². The molecular weight excluding hydrogens is 328 g/mol. The van der Waals surface area contributed by atoms with Crippen molar-refractivity contribution in [2.24, 2.45) is 5.92 Å². The molecule has 1 aromatic carbocycles. The largest absolute Gasteiger partial charge is 0.381 e. The molecule has 140 valence electrons. The zero-order chi connectivity index (χ0) is 18.1. The van der Waals surface area contributed by atoms with Gasteiger partial charge in [-0.25, -0.2) is 0 Å². The molecule has 0 radical (unpaired) electrons. The quantitative estimate of drug-likeness (QED) is 0.902. The number of anilines is 1. The minimum absolute atomic E-state index is 0.0384. The predicted molar refractivity (Wildman–Crippen MR) is 99.9 cm³/mol. The number of likely N-dealkylation sites (tertiary alicyclic amines) is 1. The van der Waals surface area contributed by atoms with Crippen LogP contribution in [0.1, 0.15) is 51.0 Å². The number of carbonyl (C=O) groups is 2. The summed E-state index contributed by atoms with van der Waals surface area (Å²) < 4.78 is 5.42. The number of benzene rings is 1. The Morgan fingerprint density at radius 2 is 2.08 bits per heavy atom. The number of ether oxygens (including phenoxy) is 1. The number of fused-ring (bicyclic) bond motifs is 2. The van der Waals surface area contributed by atoms with Crippen molar-refractivity contribution in [3.63, 3.8) is 0 Å². The van der Waals surface area contributed by atoms with Crippen LogP contribution in [0, 0.1) is 5.92 Å². The third-order valence-corrected chi connectivity index (χ3v) is 6.44. The molecule has 1 spiro atoms. The lowest BCUT2D eigenvalue weighted by molar-refractivity contribution is -0.135. The Hall–Kier alpha value is -1.88. The van der Waals surface area contributed by atoms with Gasteiger partial charge in [-0.3, -0.25) is 9.59 Å². The molecule has 4 rings (SSSR count). The average Bonchev–Trinajstić information content (AvgIpc) is 3.16. The highest BCUT2D eigenvalue weighted by Gasteiger charge is 2.58. The Morgan fingerprint density at radius 3 is 2.85 bits per heavy atom. The fraction of sp³-hybridized carbons (Fsp3) is 0.619. The number of nitrogens with one attached hydrogen (secondary N) is 1. The zero-order valence-corrected chi connectivity index (χ0v) is 15.5. The maximum atomic E-state index is 13.1. The van der Waals surface area contributed by atoms with Crippen LogP contribution in [-0.4, -0.2) is 42.5 Å². The van der Waals surface area contributed by atoms with Gasteiger partial charge < -0.3 is 15.0 Å². The van der Waals surface area contributed by atoms with Crippen LogP contribution in [0.25, 0.3) is 0 Å². The molecular formula is C21H28N2O3. The number of nitrogens with zero attached hydrogens (tertiary/aromatic N) is 1. The van der Waals surface area contributed by atoms with E-state index in [1.807, 2.05) is 23.1 Å². The Bertz CT molecular complexity index is 698. The lowest BCUT2D eigenvalue weighted by Gasteiger charge is -2.35. The standard InChI is InChI=1S/C21H28N2O3/c1-2-5-18-21(16-6-3-4-7-17(16)22-20(21)25)10-11-23(18)19(24)14-15-8-12-26-13-9-15/h3-4,6-7,15,18H,2,5,8-14H2,1H3,(H,22,25)/t18-,21+/m0/s1. The molecule has 2 saturated heterocycles. The van der Waals surface area contributed by atoms with Crippen molar-refractivity contribution in [1.29, 1.82) is 0 Å². The summed E-state index contributed by atoms with van der Waals surface area (Å²) in [4.78, 5) is 28.2. The summed E-state index contributed by atoms with van der Waals surface area (Å²) in [6.07, 6.45) is 5.06. The highest BCUT2D eigenvalue weighted by molar-refractivity contribution is 6.07. The third kappa shape index (κ3) is 2.73. The molecule has 3 heterocycles. The van der Waals surface area contributed by atoms with Crippen LogP contribution >= 0.6 is 0 Å². The first-order valence-corrected chi connectivity index (χ1v) is 9.95. The van der Waals surface area contributed by atoms with Crippen LogP contribution in [0.4, 0.5) is 5.69 Å². The molecule has 26 heavy (non-hydrogen) atoms. The maximum absolute atomic E-state index is 13.1. The van der Waals surface area contributed by atoms with E-state index in [9.17, 15) is 9.59 Å². The van der Waals surface area contributed by atoms with Crippen molar-refractivity contribution in [3.8, 4) is 0 Å². The maximum Gasteiger partial charge on any atom is 0.237 e.